The van der Waals surface area contributed by atoms with E-state index in [1.807, 2.05) is 30.3 Å². The smallest absolute Gasteiger partial charge is 0.413 e. The van der Waals surface area contributed by atoms with E-state index in [2.05, 4.69) is 17.6 Å². The number of ether oxygens (including phenoxy) is 1. The summed E-state index contributed by atoms with van der Waals surface area (Å²) in [5.41, 5.74) is 0.942. The molecule has 0 aliphatic carbocycles. The van der Waals surface area contributed by atoms with E-state index >= 15 is 0 Å². The standard InChI is InChI=1S/C13H18N2O2S/c1-2-3-9-14-12(18)15-13(16)17-10-11-7-5-4-6-8-11/h4-8H,2-3,9-10H2,1H3,(H2,14,15,16,18). The highest BCUT2D eigenvalue weighted by Crippen LogP contribution is 2.00. The Bertz CT molecular complexity index is 382. The summed E-state index contributed by atoms with van der Waals surface area (Å²) in [6, 6.07) is 9.49. The van der Waals surface area contributed by atoms with Gasteiger partial charge in [-0.15, -0.1) is 0 Å². The molecule has 1 aromatic carbocycles. The van der Waals surface area contributed by atoms with Crippen molar-refractivity contribution >= 4 is 23.4 Å². The van der Waals surface area contributed by atoms with Gasteiger partial charge >= 0.3 is 6.09 Å². The predicted molar refractivity (Wildman–Crippen MR) is 75.3 cm³/mol. The lowest BCUT2D eigenvalue weighted by molar-refractivity contribution is 0.145. The summed E-state index contributed by atoms with van der Waals surface area (Å²) in [6.07, 6.45) is 1.56. The third-order valence-corrected chi connectivity index (χ3v) is 2.49. The van der Waals surface area contributed by atoms with Crippen LogP contribution >= 0.6 is 12.2 Å². The molecule has 0 heterocycles. The van der Waals surface area contributed by atoms with E-state index in [4.69, 9.17) is 17.0 Å². The fraction of sp³-hybridized carbons (Fsp3) is 0.385. The average Bonchev–Trinajstić information content (AvgIpc) is 2.38. The van der Waals surface area contributed by atoms with E-state index in [-0.39, 0.29) is 6.61 Å². The number of rotatable bonds is 5. The van der Waals surface area contributed by atoms with Crippen LogP contribution in [0.25, 0.3) is 0 Å². The van der Waals surface area contributed by atoms with E-state index in [9.17, 15) is 4.79 Å². The molecule has 4 nitrogen and oxygen atoms in total. The topological polar surface area (TPSA) is 50.4 Å². The molecule has 1 amide bonds. The maximum Gasteiger partial charge on any atom is 0.413 e. The molecular weight excluding hydrogens is 248 g/mol. The van der Waals surface area contributed by atoms with Gasteiger partial charge in [0.15, 0.2) is 5.11 Å². The second-order valence-electron chi connectivity index (χ2n) is 3.80. The lowest BCUT2D eigenvalue weighted by Crippen LogP contribution is -2.39. The number of hydrogen-bond donors (Lipinski definition) is 2. The zero-order chi connectivity index (χ0) is 13.2. The summed E-state index contributed by atoms with van der Waals surface area (Å²) < 4.78 is 5.03. The average molecular weight is 266 g/mol. The largest absolute Gasteiger partial charge is 0.444 e. The molecular formula is C13H18N2O2S. The van der Waals surface area contributed by atoms with E-state index in [0.29, 0.717) is 5.11 Å². The van der Waals surface area contributed by atoms with E-state index < -0.39 is 6.09 Å². The zero-order valence-electron chi connectivity index (χ0n) is 10.4. The van der Waals surface area contributed by atoms with E-state index in [1.165, 1.54) is 0 Å². The van der Waals surface area contributed by atoms with Gasteiger partial charge < -0.3 is 10.1 Å². The van der Waals surface area contributed by atoms with Crippen LogP contribution in [0, 0.1) is 0 Å². The van der Waals surface area contributed by atoms with Gasteiger partial charge in [-0.1, -0.05) is 43.7 Å². The highest BCUT2D eigenvalue weighted by Gasteiger charge is 2.04. The van der Waals surface area contributed by atoms with Crippen molar-refractivity contribution in [1.29, 1.82) is 0 Å². The number of unbranched alkanes of at least 4 members (excludes halogenated alkanes) is 1. The Kier molecular flexibility index (Phi) is 6.79. The lowest BCUT2D eigenvalue weighted by atomic mass is 10.2. The first kappa shape index (κ1) is 14.4. The van der Waals surface area contributed by atoms with Gasteiger partial charge in [-0.05, 0) is 24.2 Å². The maximum atomic E-state index is 11.4. The molecule has 0 aromatic heterocycles. The van der Waals surface area contributed by atoms with Crippen LogP contribution in [0.15, 0.2) is 30.3 Å². The van der Waals surface area contributed by atoms with Gasteiger partial charge in [0.2, 0.25) is 0 Å². The molecule has 5 heteroatoms. The number of nitrogens with one attached hydrogen (secondary N) is 2. The number of thiocarbonyl (C=S) groups is 1. The molecule has 0 saturated heterocycles. The number of carbonyl (C=O) groups excluding carboxylic acids is 1. The van der Waals surface area contributed by atoms with Gasteiger partial charge in [-0.3, -0.25) is 5.32 Å². The highest BCUT2D eigenvalue weighted by molar-refractivity contribution is 7.80. The fourth-order valence-electron chi connectivity index (χ4n) is 1.27. The number of alkyl carbamates (subject to hydrolysis) is 1. The first-order valence-corrected chi connectivity index (χ1v) is 6.38. The minimum absolute atomic E-state index is 0.240. The molecule has 0 bridgehead atoms. The molecule has 98 valence electrons. The van der Waals surface area contributed by atoms with Gasteiger partial charge in [0.25, 0.3) is 0 Å². The van der Waals surface area contributed by atoms with Crippen molar-refractivity contribution in [2.45, 2.75) is 26.4 Å². The molecule has 0 radical (unpaired) electrons. The number of benzene rings is 1. The van der Waals surface area contributed by atoms with Gasteiger partial charge in [-0.2, -0.15) is 0 Å². The Morgan fingerprint density at radius 2 is 2.06 bits per heavy atom. The maximum absolute atomic E-state index is 11.4. The molecule has 0 unspecified atom stereocenters. The Morgan fingerprint density at radius 1 is 1.33 bits per heavy atom. The summed E-state index contributed by atoms with van der Waals surface area (Å²) >= 11 is 4.95. The summed E-state index contributed by atoms with van der Waals surface area (Å²) in [7, 11) is 0. The predicted octanol–water partition coefficient (Wildman–Crippen LogP) is 2.59. The molecule has 2 N–H and O–H groups in total. The first-order chi connectivity index (χ1) is 8.72. The monoisotopic (exact) mass is 266 g/mol. The van der Waals surface area contributed by atoms with E-state index in [0.717, 1.165) is 24.9 Å². The van der Waals surface area contributed by atoms with Crippen LogP contribution in [-0.4, -0.2) is 17.8 Å². The number of amides is 1. The highest BCUT2D eigenvalue weighted by atomic mass is 32.1. The van der Waals surface area contributed by atoms with Crippen molar-refractivity contribution in [3.63, 3.8) is 0 Å². The molecule has 0 saturated carbocycles. The molecule has 1 aromatic rings. The van der Waals surface area contributed by atoms with Crippen molar-refractivity contribution in [2.24, 2.45) is 0 Å². The molecule has 18 heavy (non-hydrogen) atoms. The Labute approximate surface area is 113 Å². The third kappa shape index (κ3) is 6.20. The van der Waals surface area contributed by atoms with Crippen LogP contribution in [0.3, 0.4) is 0 Å². The van der Waals surface area contributed by atoms with Crippen molar-refractivity contribution in [3.05, 3.63) is 35.9 Å². The second-order valence-corrected chi connectivity index (χ2v) is 4.20. The van der Waals surface area contributed by atoms with Crippen LogP contribution < -0.4 is 10.6 Å². The van der Waals surface area contributed by atoms with Gasteiger partial charge in [-0.25, -0.2) is 4.79 Å². The van der Waals surface area contributed by atoms with Crippen LogP contribution in [0.1, 0.15) is 25.3 Å². The quantitative estimate of drug-likeness (QED) is 0.635. The van der Waals surface area contributed by atoms with Crippen molar-refractivity contribution in [1.82, 2.24) is 10.6 Å². The number of hydrogen-bond acceptors (Lipinski definition) is 3. The van der Waals surface area contributed by atoms with Crippen LogP contribution in [-0.2, 0) is 11.3 Å². The van der Waals surface area contributed by atoms with Crippen LogP contribution in [0.4, 0.5) is 4.79 Å². The Morgan fingerprint density at radius 3 is 2.72 bits per heavy atom. The number of carbonyl (C=O) groups is 1. The SMILES string of the molecule is CCCCNC(=S)NC(=O)OCc1ccccc1. The minimum atomic E-state index is -0.534. The second kappa shape index (κ2) is 8.47. The summed E-state index contributed by atoms with van der Waals surface area (Å²) in [4.78, 5) is 11.4. The minimum Gasteiger partial charge on any atom is -0.444 e. The van der Waals surface area contributed by atoms with Gasteiger partial charge in [0, 0.05) is 6.54 Å². The summed E-state index contributed by atoms with van der Waals surface area (Å²) in [6.45, 7) is 3.09. The Hall–Kier alpha value is -1.62. The third-order valence-electron chi connectivity index (χ3n) is 2.24. The molecule has 0 aliphatic heterocycles. The van der Waals surface area contributed by atoms with Crippen molar-refractivity contribution < 1.29 is 9.53 Å². The molecule has 0 atom stereocenters. The summed E-state index contributed by atoms with van der Waals surface area (Å²) in [5, 5.41) is 5.71. The Balaban J connectivity index is 2.19. The molecule has 0 fully saturated rings. The molecule has 0 aliphatic rings. The fourth-order valence-corrected chi connectivity index (χ4v) is 1.46. The van der Waals surface area contributed by atoms with Crippen LogP contribution in [0.5, 0.6) is 0 Å². The van der Waals surface area contributed by atoms with Crippen LogP contribution in [0.2, 0.25) is 0 Å². The van der Waals surface area contributed by atoms with Crippen molar-refractivity contribution in [2.75, 3.05) is 6.54 Å². The first-order valence-electron chi connectivity index (χ1n) is 5.98. The lowest BCUT2D eigenvalue weighted by Gasteiger charge is -2.09. The summed E-state index contributed by atoms with van der Waals surface area (Å²) in [5.74, 6) is 0. The normalized spacial score (nSPS) is 9.61. The van der Waals surface area contributed by atoms with Gasteiger partial charge in [0.1, 0.15) is 6.61 Å². The molecule has 1 rings (SSSR count). The molecule has 0 spiro atoms. The van der Waals surface area contributed by atoms with Crippen molar-refractivity contribution in [3.8, 4) is 0 Å². The van der Waals surface area contributed by atoms with E-state index in [1.54, 1.807) is 0 Å². The van der Waals surface area contributed by atoms with Gasteiger partial charge in [0.05, 0.1) is 0 Å². The zero-order valence-corrected chi connectivity index (χ0v) is 11.3.